The van der Waals surface area contributed by atoms with Gasteiger partial charge in [0.2, 0.25) is 0 Å². The first kappa shape index (κ1) is 11.4. The fourth-order valence-corrected chi connectivity index (χ4v) is 4.56. The van der Waals surface area contributed by atoms with Gasteiger partial charge in [0.05, 0.1) is 7.11 Å². The molecule has 3 rings (SSSR count). The van der Waals surface area contributed by atoms with Gasteiger partial charge in [-0.25, -0.2) is 0 Å². The van der Waals surface area contributed by atoms with Crippen molar-refractivity contribution < 1.29 is 4.74 Å². The topological polar surface area (TPSA) is 9.23 Å². The Kier molecular flexibility index (Phi) is 2.80. The highest BCUT2D eigenvalue weighted by Crippen LogP contribution is 2.56. The second-order valence-electron chi connectivity index (χ2n) is 6.31. The first-order valence-corrected chi connectivity index (χ1v) is 7.19. The maximum Gasteiger partial charge on any atom is 0.115 e. The molecule has 1 nitrogen and oxygen atoms in total. The van der Waals surface area contributed by atoms with Gasteiger partial charge in [-0.3, -0.25) is 0 Å². The van der Waals surface area contributed by atoms with Crippen LogP contribution in [0.15, 0.2) is 24.0 Å². The average molecular weight is 232 g/mol. The molecule has 17 heavy (non-hydrogen) atoms. The van der Waals surface area contributed by atoms with E-state index in [1.54, 1.807) is 7.11 Å². The molecular weight excluding hydrogens is 208 g/mol. The van der Waals surface area contributed by atoms with Gasteiger partial charge in [0.15, 0.2) is 0 Å². The van der Waals surface area contributed by atoms with Gasteiger partial charge in [-0.05, 0) is 54.6 Å². The van der Waals surface area contributed by atoms with Crippen LogP contribution in [0.1, 0.15) is 45.4 Å². The van der Waals surface area contributed by atoms with Gasteiger partial charge in [-0.1, -0.05) is 32.3 Å². The van der Waals surface area contributed by atoms with Crippen LogP contribution in [0, 0.1) is 23.2 Å². The van der Waals surface area contributed by atoms with Crippen LogP contribution in [0.3, 0.4) is 0 Å². The van der Waals surface area contributed by atoms with Crippen molar-refractivity contribution in [2.45, 2.75) is 45.4 Å². The van der Waals surface area contributed by atoms with Crippen LogP contribution in [0.5, 0.6) is 0 Å². The zero-order valence-electron chi connectivity index (χ0n) is 11.1. The average Bonchev–Trinajstić information content (AvgIpc) is 2.37. The number of hydrogen-bond donors (Lipinski definition) is 0. The second-order valence-corrected chi connectivity index (χ2v) is 6.31. The summed E-state index contributed by atoms with van der Waals surface area (Å²) in [6.07, 6.45) is 15.6. The summed E-state index contributed by atoms with van der Waals surface area (Å²) in [5.74, 6) is 3.70. The zero-order chi connectivity index (χ0) is 11.9. The van der Waals surface area contributed by atoms with E-state index in [0.717, 1.165) is 23.5 Å². The summed E-state index contributed by atoms with van der Waals surface area (Å²) in [6, 6.07) is 0. The van der Waals surface area contributed by atoms with E-state index in [-0.39, 0.29) is 0 Å². The molecule has 0 N–H and O–H groups in total. The lowest BCUT2D eigenvalue weighted by Crippen LogP contribution is -2.44. The van der Waals surface area contributed by atoms with Crippen molar-refractivity contribution in [2.75, 3.05) is 7.11 Å². The lowest BCUT2D eigenvalue weighted by molar-refractivity contribution is 0.0242. The van der Waals surface area contributed by atoms with Gasteiger partial charge in [0.1, 0.15) is 5.76 Å². The third kappa shape index (κ3) is 1.75. The lowest BCUT2D eigenvalue weighted by Gasteiger charge is -2.52. The van der Waals surface area contributed by atoms with E-state index >= 15 is 0 Å². The molecule has 2 fully saturated rings. The van der Waals surface area contributed by atoms with Crippen molar-refractivity contribution in [1.29, 1.82) is 0 Å². The van der Waals surface area contributed by atoms with Crippen molar-refractivity contribution in [3.8, 4) is 0 Å². The van der Waals surface area contributed by atoms with Crippen LogP contribution in [-0.4, -0.2) is 7.11 Å². The molecule has 1 heteroatoms. The SMILES string of the molecule is COC1=CC2(C)C(C=C1)CCC1CCCCC12. The van der Waals surface area contributed by atoms with Gasteiger partial charge in [-0.2, -0.15) is 0 Å². The van der Waals surface area contributed by atoms with Crippen molar-refractivity contribution in [3.63, 3.8) is 0 Å². The number of ether oxygens (including phenoxy) is 1. The Morgan fingerprint density at radius 1 is 1.18 bits per heavy atom. The predicted molar refractivity (Wildman–Crippen MR) is 70.5 cm³/mol. The Labute approximate surface area is 105 Å². The molecule has 0 aromatic carbocycles. The lowest BCUT2D eigenvalue weighted by atomic mass is 9.53. The minimum Gasteiger partial charge on any atom is -0.497 e. The number of allylic oxidation sites excluding steroid dienone is 3. The molecule has 94 valence electrons. The Morgan fingerprint density at radius 2 is 2.00 bits per heavy atom. The normalized spacial score (nSPS) is 44.6. The maximum absolute atomic E-state index is 5.46. The summed E-state index contributed by atoms with van der Waals surface area (Å²) in [4.78, 5) is 0. The van der Waals surface area contributed by atoms with Gasteiger partial charge < -0.3 is 4.74 Å². The van der Waals surface area contributed by atoms with E-state index in [0.29, 0.717) is 5.41 Å². The Morgan fingerprint density at radius 3 is 2.82 bits per heavy atom. The largest absolute Gasteiger partial charge is 0.497 e. The van der Waals surface area contributed by atoms with E-state index in [1.807, 2.05) is 0 Å². The minimum absolute atomic E-state index is 0.365. The second kappa shape index (κ2) is 4.19. The number of fused-ring (bicyclic) bond motifs is 3. The van der Waals surface area contributed by atoms with Crippen LogP contribution < -0.4 is 0 Å². The summed E-state index contributed by atoms with van der Waals surface area (Å²) in [5, 5.41) is 0. The number of methoxy groups -OCH3 is 1. The molecule has 0 aliphatic heterocycles. The first-order valence-electron chi connectivity index (χ1n) is 7.19. The fourth-order valence-electron chi connectivity index (χ4n) is 4.56. The molecule has 3 aliphatic carbocycles. The molecule has 0 saturated heterocycles. The Bertz CT molecular complexity index is 355. The molecule has 0 bridgehead atoms. The molecule has 3 aliphatic rings. The van der Waals surface area contributed by atoms with Gasteiger partial charge >= 0.3 is 0 Å². The van der Waals surface area contributed by atoms with E-state index in [2.05, 4.69) is 25.2 Å². The van der Waals surface area contributed by atoms with E-state index in [9.17, 15) is 0 Å². The van der Waals surface area contributed by atoms with E-state index in [4.69, 9.17) is 4.74 Å². The maximum atomic E-state index is 5.46. The van der Waals surface area contributed by atoms with E-state index in [1.165, 1.54) is 38.5 Å². The highest BCUT2D eigenvalue weighted by Gasteiger charge is 2.47. The molecule has 4 unspecified atom stereocenters. The predicted octanol–water partition coefficient (Wildman–Crippen LogP) is 4.31. The van der Waals surface area contributed by atoms with Crippen molar-refractivity contribution >= 4 is 0 Å². The van der Waals surface area contributed by atoms with Crippen molar-refractivity contribution in [3.05, 3.63) is 24.0 Å². The van der Waals surface area contributed by atoms with Gasteiger partial charge in [-0.15, -0.1) is 0 Å². The molecular formula is C16H24O. The quantitative estimate of drug-likeness (QED) is 0.654. The summed E-state index contributed by atoms with van der Waals surface area (Å²) >= 11 is 0. The molecule has 0 radical (unpaired) electrons. The Balaban J connectivity index is 1.93. The van der Waals surface area contributed by atoms with Gasteiger partial charge in [0, 0.05) is 0 Å². The van der Waals surface area contributed by atoms with Crippen LogP contribution in [-0.2, 0) is 4.74 Å². The molecule has 0 amide bonds. The minimum atomic E-state index is 0.365. The van der Waals surface area contributed by atoms with Crippen LogP contribution >= 0.6 is 0 Å². The van der Waals surface area contributed by atoms with Crippen LogP contribution in [0.4, 0.5) is 0 Å². The van der Waals surface area contributed by atoms with Crippen molar-refractivity contribution in [1.82, 2.24) is 0 Å². The summed E-state index contributed by atoms with van der Waals surface area (Å²) < 4.78 is 5.46. The Hall–Kier alpha value is -0.720. The molecule has 0 aromatic heterocycles. The third-order valence-electron chi connectivity index (χ3n) is 5.54. The zero-order valence-corrected chi connectivity index (χ0v) is 11.1. The smallest absolute Gasteiger partial charge is 0.115 e. The highest BCUT2D eigenvalue weighted by atomic mass is 16.5. The first-order chi connectivity index (χ1) is 8.24. The van der Waals surface area contributed by atoms with Gasteiger partial charge in [0.25, 0.3) is 0 Å². The molecule has 4 atom stereocenters. The summed E-state index contributed by atoms with van der Waals surface area (Å²) in [6.45, 7) is 2.47. The molecule has 0 spiro atoms. The third-order valence-corrected chi connectivity index (χ3v) is 5.54. The van der Waals surface area contributed by atoms with Crippen LogP contribution in [0.25, 0.3) is 0 Å². The molecule has 0 aromatic rings. The standard InChI is InChI=1S/C16H24O/c1-16-11-14(17-2)10-9-13(16)8-7-12-5-3-4-6-15(12)16/h9-13,15H,3-8H2,1-2H3. The monoisotopic (exact) mass is 232 g/mol. The van der Waals surface area contributed by atoms with E-state index < -0.39 is 0 Å². The summed E-state index contributed by atoms with van der Waals surface area (Å²) in [7, 11) is 1.79. The highest BCUT2D eigenvalue weighted by molar-refractivity contribution is 5.27. The molecule has 2 saturated carbocycles. The van der Waals surface area contributed by atoms with Crippen LogP contribution in [0.2, 0.25) is 0 Å². The summed E-state index contributed by atoms with van der Waals surface area (Å²) in [5.41, 5.74) is 0.365. The molecule has 0 heterocycles. The fraction of sp³-hybridized carbons (Fsp3) is 0.750. The number of rotatable bonds is 1. The van der Waals surface area contributed by atoms with Crippen molar-refractivity contribution in [2.24, 2.45) is 23.2 Å². The number of hydrogen-bond acceptors (Lipinski definition) is 1.